The molecule has 30 atom stereocenters. The van der Waals surface area contributed by atoms with Gasteiger partial charge in [-0.2, -0.15) is 0 Å². The third kappa shape index (κ3) is 13.7. The van der Waals surface area contributed by atoms with Crippen LogP contribution in [0.5, 0.6) is 0 Å². The molecule has 6 rings (SSSR count). The lowest BCUT2D eigenvalue weighted by Crippen LogP contribution is -2.68. The molecular formula is C42H70N8O29. The van der Waals surface area contributed by atoms with E-state index in [1.807, 2.05) is 0 Å². The van der Waals surface area contributed by atoms with Crippen LogP contribution in [-0.2, 0) is 57.2 Å². The van der Waals surface area contributed by atoms with Gasteiger partial charge in [-0.25, -0.2) is 4.79 Å². The van der Waals surface area contributed by atoms with E-state index in [9.17, 15) is 116 Å². The van der Waals surface area contributed by atoms with E-state index in [-0.39, 0.29) is 6.54 Å². The number of carboxylic acid groups (broad SMARTS) is 1. The Labute approximate surface area is 445 Å². The molecule has 0 aromatic rings. The zero-order valence-electron chi connectivity index (χ0n) is 41.3. The smallest absolute Gasteiger partial charge is 0.334 e. The number of carboxylic acids is 1. The maximum atomic E-state index is 13.4. The van der Waals surface area contributed by atoms with Crippen molar-refractivity contribution in [3.05, 3.63) is 0 Å². The fourth-order valence-electron chi connectivity index (χ4n) is 9.65. The highest BCUT2D eigenvalue weighted by Gasteiger charge is 2.53. The van der Waals surface area contributed by atoms with Crippen LogP contribution < -0.4 is 43.8 Å². The summed E-state index contributed by atoms with van der Waals surface area (Å²) >= 11 is 0. The minimum Gasteiger partial charge on any atom is -0.479 e. The van der Waals surface area contributed by atoms with E-state index in [1.54, 1.807) is 0 Å². The Hall–Kier alpha value is -4.18. The summed E-state index contributed by atoms with van der Waals surface area (Å²) in [6, 6.07) is -3.19. The van der Waals surface area contributed by atoms with Crippen LogP contribution in [0.3, 0.4) is 0 Å². The molecule has 0 saturated carbocycles. The van der Waals surface area contributed by atoms with E-state index in [0.717, 1.165) is 0 Å². The first kappa shape index (κ1) is 64.0. The van der Waals surface area contributed by atoms with Crippen molar-refractivity contribution in [2.45, 2.75) is 183 Å². The van der Waals surface area contributed by atoms with Crippen LogP contribution in [0, 0.1) is 0 Å². The number of hydrogen-bond acceptors (Lipinski definition) is 31. The number of hydrogen-bond donors (Lipinski definition) is 25. The third-order valence-electron chi connectivity index (χ3n) is 14.6. The Morgan fingerprint density at radius 3 is 0.759 bits per heavy atom. The number of rotatable bonds is 17. The van der Waals surface area contributed by atoms with E-state index in [1.165, 1.54) is 0 Å². The number of carbonyl (C=O) groups excluding carboxylic acids is 5. The molecule has 0 aromatic heterocycles. The number of aliphatic hydroxyl groups is 16. The van der Waals surface area contributed by atoms with Crippen molar-refractivity contribution in [2.75, 3.05) is 39.3 Å². The first-order valence-electron chi connectivity index (χ1n) is 24.7. The largest absolute Gasteiger partial charge is 0.479 e. The summed E-state index contributed by atoms with van der Waals surface area (Å²) < 4.78 is 32.6. The van der Waals surface area contributed by atoms with Crippen molar-refractivity contribution in [1.82, 2.24) is 26.6 Å². The molecule has 0 aliphatic carbocycles. The summed E-state index contributed by atoms with van der Waals surface area (Å²) in [5.41, 5.74) is 17.1. The number of nitrogens with one attached hydrogen (secondary N) is 5. The zero-order valence-corrected chi connectivity index (χ0v) is 41.3. The summed E-state index contributed by atoms with van der Waals surface area (Å²) in [5, 5.41) is 189. The van der Waals surface area contributed by atoms with Crippen LogP contribution in [0.15, 0.2) is 0 Å². The number of aliphatic carboxylic acids is 1. The molecule has 37 heteroatoms. The van der Waals surface area contributed by atoms with Gasteiger partial charge in [-0.1, -0.05) is 0 Å². The van der Waals surface area contributed by atoms with Gasteiger partial charge in [0.15, 0.2) is 36.6 Å². The minimum atomic E-state index is -2.19. The van der Waals surface area contributed by atoms with Crippen molar-refractivity contribution in [2.24, 2.45) is 17.2 Å². The second kappa shape index (κ2) is 26.8. The van der Waals surface area contributed by atoms with Crippen LogP contribution in [0.25, 0.3) is 0 Å². The molecule has 0 aromatic carbocycles. The average molecular weight is 1150 g/mol. The molecule has 0 bridgehead atoms. The van der Waals surface area contributed by atoms with Crippen molar-refractivity contribution >= 4 is 35.5 Å². The number of ether oxygens (including phenoxy) is 6. The molecule has 28 N–H and O–H groups in total. The summed E-state index contributed by atoms with van der Waals surface area (Å²) in [5.74, 6) is -7.57. The molecule has 6 aliphatic heterocycles. The first-order valence-corrected chi connectivity index (χ1v) is 24.7. The highest BCUT2D eigenvalue weighted by atomic mass is 16.6. The van der Waals surface area contributed by atoms with E-state index < -0.39 is 251 Å². The summed E-state index contributed by atoms with van der Waals surface area (Å²) in [7, 11) is 0. The van der Waals surface area contributed by atoms with Crippen molar-refractivity contribution < 1.29 is 144 Å². The van der Waals surface area contributed by atoms with Gasteiger partial charge >= 0.3 is 5.97 Å². The maximum Gasteiger partial charge on any atom is 0.334 e. The molecule has 6 heterocycles. The Kier molecular flexibility index (Phi) is 21.7. The maximum absolute atomic E-state index is 13.4. The number of nitrogens with two attached hydrogens (primary N) is 3. The van der Waals surface area contributed by atoms with Gasteiger partial charge < -0.3 is 159 Å². The van der Waals surface area contributed by atoms with E-state index in [0.29, 0.717) is 0 Å². The lowest BCUT2D eigenvalue weighted by atomic mass is 9.92. The van der Waals surface area contributed by atoms with Gasteiger partial charge in [0, 0.05) is 39.3 Å². The highest BCUT2D eigenvalue weighted by Crippen LogP contribution is 2.28. The molecule has 452 valence electrons. The third-order valence-corrected chi connectivity index (χ3v) is 14.6. The van der Waals surface area contributed by atoms with Crippen LogP contribution in [0.4, 0.5) is 0 Å². The Balaban J connectivity index is 1.00. The Bertz CT molecular complexity index is 2130. The van der Waals surface area contributed by atoms with Gasteiger partial charge in [-0.05, 0) is 0 Å². The van der Waals surface area contributed by atoms with Crippen LogP contribution >= 0.6 is 0 Å². The SMILES string of the molecule is NC[C@H]1OC(C(=O)NC[C@H]2O[C@@H](C(=O)NC[C@H]3O[C@@H](C(=O)NC[C@H]4OC(C(=O)NC[C@H]5O[C@@H](C(=O)NC[C@H]6OC(C(=O)O)C(N)C(O)C6O)C(O)C(O)C5O)C(O)C(O)C4O)C(O)C(O)C3O)C(N)C(O)C2O)C(O)C(O)C1O. The van der Waals surface area contributed by atoms with Gasteiger partial charge in [-0.3, -0.25) is 24.0 Å². The molecule has 6 aliphatic rings. The second-order valence-electron chi connectivity index (χ2n) is 19.9. The molecule has 37 nitrogen and oxygen atoms in total. The predicted octanol–water partition coefficient (Wildman–Crippen LogP) is -18.4. The quantitative estimate of drug-likeness (QED) is 0.0643. The zero-order chi connectivity index (χ0) is 58.8. The van der Waals surface area contributed by atoms with Crippen molar-refractivity contribution in [3.63, 3.8) is 0 Å². The van der Waals surface area contributed by atoms with Crippen LogP contribution in [0.1, 0.15) is 0 Å². The predicted molar refractivity (Wildman–Crippen MR) is 246 cm³/mol. The highest BCUT2D eigenvalue weighted by molar-refractivity contribution is 5.84. The lowest BCUT2D eigenvalue weighted by molar-refractivity contribution is -0.226. The molecule has 21 unspecified atom stereocenters. The van der Waals surface area contributed by atoms with Gasteiger partial charge in [-0.15, -0.1) is 0 Å². The number of carbonyl (C=O) groups is 6. The molecular weight excluding hydrogens is 1080 g/mol. The van der Waals surface area contributed by atoms with Crippen LogP contribution in [-0.4, -0.2) is 345 Å². The molecule has 79 heavy (non-hydrogen) atoms. The Morgan fingerprint density at radius 1 is 0.291 bits per heavy atom. The normalized spacial score (nSPS) is 46.5. The van der Waals surface area contributed by atoms with Crippen molar-refractivity contribution in [3.8, 4) is 0 Å². The van der Waals surface area contributed by atoms with Crippen LogP contribution in [0.2, 0.25) is 0 Å². The summed E-state index contributed by atoms with van der Waals surface area (Å²) in [6.45, 7) is -4.12. The average Bonchev–Trinajstić information content (AvgIpc) is 3.43. The summed E-state index contributed by atoms with van der Waals surface area (Å²) in [4.78, 5) is 77.7. The molecule has 0 radical (unpaired) electrons. The summed E-state index contributed by atoms with van der Waals surface area (Å²) in [6.07, 6.45) is -52.8. The first-order chi connectivity index (χ1) is 37.0. The number of aliphatic hydroxyl groups excluding tert-OH is 16. The van der Waals surface area contributed by atoms with E-state index in [4.69, 9.17) is 45.6 Å². The molecule has 6 saturated heterocycles. The monoisotopic (exact) mass is 1150 g/mol. The number of amides is 5. The van der Waals surface area contributed by atoms with Gasteiger partial charge in [0.1, 0.15) is 128 Å². The lowest BCUT2D eigenvalue weighted by Gasteiger charge is -2.43. The van der Waals surface area contributed by atoms with Gasteiger partial charge in [0.05, 0.1) is 18.2 Å². The Morgan fingerprint density at radius 2 is 0.494 bits per heavy atom. The molecule has 6 fully saturated rings. The topological polar surface area (TPSA) is 640 Å². The fourth-order valence-corrected chi connectivity index (χ4v) is 9.65. The van der Waals surface area contributed by atoms with Crippen molar-refractivity contribution in [1.29, 1.82) is 0 Å². The molecule has 5 amide bonds. The second-order valence-corrected chi connectivity index (χ2v) is 19.9. The van der Waals surface area contributed by atoms with Gasteiger partial charge in [0.2, 0.25) is 0 Å². The minimum absolute atomic E-state index is 0.351. The fraction of sp³-hybridized carbons (Fsp3) is 0.857. The van der Waals surface area contributed by atoms with E-state index >= 15 is 0 Å². The van der Waals surface area contributed by atoms with Gasteiger partial charge in [0.25, 0.3) is 29.5 Å². The molecule has 0 spiro atoms. The standard InChI is InChI=1S/C42H70N8O29/c43-1-7-15(51)23(59)27(63)33(74-7)38(68)47-2-8-16(52)21(57)13(44)31(75-8)37(67)46-4-10-18(54)24(60)28(64)35(77-10)40(70)49-6-12-20(56)26(62)30(66)36(79-12)41(71)50-5-11-19(55)25(61)29(65)34(78-11)39(69)48-3-9-17(53)22(58)14(45)32(76-9)42(72)73/h7-36,51-66H,1-6,43-45H2,(H,46,67)(H,47,68)(H,48,69)(H,49,70)(H,50,71)(H,72,73)/t7-,8-,9-,10-,11-,12-,13?,14?,15?,16?,17?,18?,19?,20?,21?,22?,23?,24?,25?,26?,27?,28?,29?,30?,31-,32?,33?,34-,35-,36?/m1/s1. The van der Waals surface area contributed by atoms with E-state index in [2.05, 4.69) is 26.6 Å².